The molecule has 1 fully saturated rings. The zero-order valence-corrected chi connectivity index (χ0v) is 12.5. The smallest absolute Gasteiger partial charge is 0.0725 e. The fourth-order valence-corrected chi connectivity index (χ4v) is 2.71. The van der Waals surface area contributed by atoms with Crippen molar-refractivity contribution < 1.29 is 4.74 Å². The van der Waals surface area contributed by atoms with Gasteiger partial charge in [-0.2, -0.15) is 0 Å². The molecule has 0 saturated carbocycles. The first kappa shape index (κ1) is 16.0. The van der Waals surface area contributed by atoms with Gasteiger partial charge in [-0.05, 0) is 32.7 Å². The van der Waals surface area contributed by atoms with Crippen LogP contribution in [0.2, 0.25) is 0 Å². The molecule has 2 unspecified atom stereocenters. The van der Waals surface area contributed by atoms with Crippen LogP contribution in [0.1, 0.15) is 78.1 Å². The zero-order valence-electron chi connectivity index (χ0n) is 12.5. The highest BCUT2D eigenvalue weighted by atomic mass is 16.5. The van der Waals surface area contributed by atoms with E-state index in [2.05, 4.69) is 19.2 Å². The van der Waals surface area contributed by atoms with E-state index in [4.69, 9.17) is 4.74 Å². The first-order chi connectivity index (χ1) is 8.84. The first-order valence-electron chi connectivity index (χ1n) is 8.19. The van der Waals surface area contributed by atoms with Crippen LogP contribution in [-0.4, -0.2) is 25.3 Å². The van der Waals surface area contributed by atoms with Gasteiger partial charge in [0.05, 0.1) is 6.10 Å². The van der Waals surface area contributed by atoms with Gasteiger partial charge in [0.25, 0.3) is 0 Å². The second-order valence-electron chi connectivity index (χ2n) is 5.77. The van der Waals surface area contributed by atoms with E-state index in [-0.39, 0.29) is 0 Å². The summed E-state index contributed by atoms with van der Waals surface area (Å²) in [5.41, 5.74) is 0. The molecule has 0 aromatic heterocycles. The molecule has 2 nitrogen and oxygen atoms in total. The molecule has 0 spiro atoms. The van der Waals surface area contributed by atoms with Crippen molar-refractivity contribution in [2.45, 2.75) is 90.2 Å². The van der Waals surface area contributed by atoms with E-state index < -0.39 is 0 Å². The summed E-state index contributed by atoms with van der Waals surface area (Å²) in [7, 11) is 0. The van der Waals surface area contributed by atoms with Crippen molar-refractivity contribution in [1.29, 1.82) is 0 Å². The Balaban J connectivity index is 1.83. The predicted octanol–water partition coefficient (Wildman–Crippen LogP) is 4.28. The molecule has 0 aromatic carbocycles. The average molecular weight is 255 g/mol. The van der Waals surface area contributed by atoms with Crippen LogP contribution < -0.4 is 5.32 Å². The number of nitrogens with one attached hydrogen (secondary N) is 1. The molecule has 108 valence electrons. The number of unbranched alkanes of at least 4 members (excludes halogenated alkanes) is 7. The van der Waals surface area contributed by atoms with Crippen molar-refractivity contribution in [3.8, 4) is 0 Å². The lowest BCUT2D eigenvalue weighted by atomic mass is 10.0. The minimum Gasteiger partial charge on any atom is -0.377 e. The van der Waals surface area contributed by atoms with Gasteiger partial charge in [0.15, 0.2) is 0 Å². The minimum absolute atomic E-state index is 0.461. The number of ether oxygens (including phenoxy) is 1. The molecule has 1 N–H and O–H groups in total. The van der Waals surface area contributed by atoms with Gasteiger partial charge in [0.1, 0.15) is 0 Å². The monoisotopic (exact) mass is 255 g/mol. The van der Waals surface area contributed by atoms with Gasteiger partial charge in [0.2, 0.25) is 0 Å². The summed E-state index contributed by atoms with van der Waals surface area (Å²) in [5, 5.41) is 3.49. The molecule has 1 rings (SSSR count). The van der Waals surface area contributed by atoms with Gasteiger partial charge >= 0.3 is 0 Å². The summed E-state index contributed by atoms with van der Waals surface area (Å²) in [6.45, 7) is 6.65. The highest BCUT2D eigenvalue weighted by Crippen LogP contribution is 2.13. The molecule has 0 radical (unpaired) electrons. The standard InChI is InChI=1S/C16H33NO/c1-3-4-5-6-7-8-9-10-14-18-16-12-11-13-17-15(16)2/h15-17H,3-14H2,1-2H3. The highest BCUT2D eigenvalue weighted by molar-refractivity contribution is 4.77. The Bertz CT molecular complexity index is 184. The van der Waals surface area contributed by atoms with Crippen molar-refractivity contribution in [2.75, 3.05) is 13.2 Å². The number of rotatable bonds is 10. The molecule has 2 atom stereocenters. The van der Waals surface area contributed by atoms with Crippen molar-refractivity contribution >= 4 is 0 Å². The molecule has 1 saturated heterocycles. The molecule has 1 aliphatic rings. The largest absolute Gasteiger partial charge is 0.377 e. The normalized spacial score (nSPS) is 24.3. The third kappa shape index (κ3) is 7.38. The molecule has 2 heteroatoms. The van der Waals surface area contributed by atoms with Gasteiger partial charge in [-0.25, -0.2) is 0 Å². The maximum atomic E-state index is 5.98. The zero-order chi connectivity index (χ0) is 13.1. The maximum Gasteiger partial charge on any atom is 0.0725 e. The lowest BCUT2D eigenvalue weighted by Gasteiger charge is -2.29. The van der Waals surface area contributed by atoms with E-state index >= 15 is 0 Å². The predicted molar refractivity (Wildman–Crippen MR) is 79.0 cm³/mol. The summed E-state index contributed by atoms with van der Waals surface area (Å²) in [6, 6.07) is 0.549. The van der Waals surface area contributed by atoms with E-state index in [9.17, 15) is 0 Å². The summed E-state index contributed by atoms with van der Waals surface area (Å²) in [6.07, 6.45) is 14.0. The van der Waals surface area contributed by atoms with Crippen LogP contribution in [0, 0.1) is 0 Å². The van der Waals surface area contributed by atoms with Crippen LogP contribution in [0.4, 0.5) is 0 Å². The van der Waals surface area contributed by atoms with Gasteiger partial charge in [-0.15, -0.1) is 0 Å². The van der Waals surface area contributed by atoms with E-state index in [0.717, 1.165) is 6.61 Å². The molecule has 0 bridgehead atoms. The summed E-state index contributed by atoms with van der Waals surface area (Å²) in [4.78, 5) is 0. The van der Waals surface area contributed by atoms with Gasteiger partial charge in [-0.3, -0.25) is 0 Å². The Kier molecular flexibility index (Phi) is 9.59. The van der Waals surface area contributed by atoms with E-state index in [1.807, 2.05) is 0 Å². The molecule has 1 aliphatic heterocycles. The van der Waals surface area contributed by atoms with Crippen molar-refractivity contribution in [3.05, 3.63) is 0 Å². The molecular weight excluding hydrogens is 222 g/mol. The topological polar surface area (TPSA) is 21.3 Å². The van der Waals surface area contributed by atoms with Gasteiger partial charge in [-0.1, -0.05) is 51.9 Å². The third-order valence-corrected chi connectivity index (χ3v) is 4.02. The minimum atomic E-state index is 0.461. The Labute approximate surface area is 114 Å². The molecule has 0 amide bonds. The van der Waals surface area contributed by atoms with E-state index in [0.29, 0.717) is 12.1 Å². The van der Waals surface area contributed by atoms with Crippen LogP contribution in [-0.2, 0) is 4.74 Å². The van der Waals surface area contributed by atoms with Crippen molar-refractivity contribution in [2.24, 2.45) is 0 Å². The number of hydrogen-bond donors (Lipinski definition) is 1. The maximum absolute atomic E-state index is 5.98. The van der Waals surface area contributed by atoms with E-state index in [1.54, 1.807) is 0 Å². The molecular formula is C16H33NO. The third-order valence-electron chi connectivity index (χ3n) is 4.02. The molecule has 0 aliphatic carbocycles. The number of piperidine rings is 1. The quantitative estimate of drug-likeness (QED) is 0.588. The molecule has 1 heterocycles. The van der Waals surface area contributed by atoms with Crippen LogP contribution in [0.3, 0.4) is 0 Å². The van der Waals surface area contributed by atoms with Crippen LogP contribution >= 0.6 is 0 Å². The fourth-order valence-electron chi connectivity index (χ4n) is 2.71. The first-order valence-corrected chi connectivity index (χ1v) is 8.19. The lowest BCUT2D eigenvalue weighted by Crippen LogP contribution is -2.44. The SMILES string of the molecule is CCCCCCCCCCOC1CCCNC1C. The summed E-state index contributed by atoms with van der Waals surface area (Å²) >= 11 is 0. The Hall–Kier alpha value is -0.0800. The Morgan fingerprint density at radius 1 is 1.00 bits per heavy atom. The fraction of sp³-hybridized carbons (Fsp3) is 1.00. The van der Waals surface area contributed by atoms with Crippen molar-refractivity contribution in [3.63, 3.8) is 0 Å². The Morgan fingerprint density at radius 3 is 2.33 bits per heavy atom. The van der Waals surface area contributed by atoms with Gasteiger partial charge < -0.3 is 10.1 Å². The van der Waals surface area contributed by atoms with Crippen molar-refractivity contribution in [1.82, 2.24) is 5.32 Å². The Morgan fingerprint density at radius 2 is 1.67 bits per heavy atom. The van der Waals surface area contributed by atoms with E-state index in [1.165, 1.54) is 70.8 Å². The lowest BCUT2D eigenvalue weighted by molar-refractivity contribution is 0.0107. The summed E-state index contributed by atoms with van der Waals surface area (Å²) < 4.78 is 5.98. The molecule has 18 heavy (non-hydrogen) atoms. The summed E-state index contributed by atoms with van der Waals surface area (Å²) in [5.74, 6) is 0. The second kappa shape index (κ2) is 10.8. The second-order valence-corrected chi connectivity index (χ2v) is 5.77. The van der Waals surface area contributed by atoms with Gasteiger partial charge in [0, 0.05) is 12.6 Å². The number of hydrogen-bond acceptors (Lipinski definition) is 2. The van der Waals surface area contributed by atoms with Crippen LogP contribution in [0.25, 0.3) is 0 Å². The van der Waals surface area contributed by atoms with Crippen LogP contribution in [0.15, 0.2) is 0 Å². The van der Waals surface area contributed by atoms with Crippen LogP contribution in [0.5, 0.6) is 0 Å². The highest BCUT2D eigenvalue weighted by Gasteiger charge is 2.20. The molecule has 0 aromatic rings. The average Bonchev–Trinajstić information content (AvgIpc) is 2.39.